The summed E-state index contributed by atoms with van der Waals surface area (Å²) in [6.45, 7) is 6.28. The van der Waals surface area contributed by atoms with E-state index in [9.17, 15) is 9.59 Å². The van der Waals surface area contributed by atoms with Crippen LogP contribution in [0.3, 0.4) is 0 Å². The van der Waals surface area contributed by atoms with Crippen LogP contribution in [0.25, 0.3) is 45.2 Å². The smallest absolute Gasteiger partial charge is 0.291 e. The van der Waals surface area contributed by atoms with Gasteiger partial charge in [-0.3, -0.25) is 14.3 Å². The summed E-state index contributed by atoms with van der Waals surface area (Å²) in [6.07, 6.45) is 1.71. The molecule has 59 heavy (non-hydrogen) atoms. The first-order chi connectivity index (χ1) is 28.7. The molecule has 0 fully saturated rings. The lowest BCUT2D eigenvalue weighted by molar-refractivity contribution is 0.531. The zero-order chi connectivity index (χ0) is 41.5. The van der Waals surface area contributed by atoms with Crippen LogP contribution >= 0.6 is 11.6 Å². The van der Waals surface area contributed by atoms with Gasteiger partial charge in [-0.05, 0) is 62.4 Å². The highest BCUT2D eigenvalue weighted by Crippen LogP contribution is 2.37. The lowest BCUT2D eigenvalue weighted by Crippen LogP contribution is -2.26. The Balaban J connectivity index is 0.000000179. The molecule has 0 aliphatic carbocycles. The van der Waals surface area contributed by atoms with Crippen LogP contribution in [0.2, 0.25) is 5.02 Å². The van der Waals surface area contributed by atoms with Crippen molar-refractivity contribution in [1.82, 2.24) is 39.5 Å². The van der Waals surface area contributed by atoms with Gasteiger partial charge >= 0.3 is 0 Å². The van der Waals surface area contributed by atoms with Gasteiger partial charge in [-0.1, -0.05) is 78.3 Å². The molecule has 0 radical (unpaired) electrons. The summed E-state index contributed by atoms with van der Waals surface area (Å²) < 4.78 is 10.3. The predicted molar refractivity (Wildman–Crippen MR) is 229 cm³/mol. The Morgan fingerprint density at radius 3 is 1.80 bits per heavy atom. The zero-order valence-electron chi connectivity index (χ0n) is 32.6. The second-order valence-electron chi connectivity index (χ2n) is 13.1. The van der Waals surface area contributed by atoms with Crippen molar-refractivity contribution < 1.29 is 4.42 Å². The molecule has 8 aromatic rings. The second kappa shape index (κ2) is 17.7. The Hall–Kier alpha value is -7.63. The summed E-state index contributed by atoms with van der Waals surface area (Å²) in [5.74, 6) is 0.586. The van der Waals surface area contributed by atoms with E-state index in [0.29, 0.717) is 63.5 Å². The number of anilines is 4. The lowest BCUT2D eigenvalue weighted by Gasteiger charge is -2.18. The molecule has 4 aromatic heterocycles. The maximum Gasteiger partial charge on any atom is 0.291 e. The van der Waals surface area contributed by atoms with Crippen LogP contribution in [0, 0.1) is 18.3 Å². The van der Waals surface area contributed by atoms with Gasteiger partial charge in [0.05, 0.1) is 28.5 Å². The Labute approximate surface area is 344 Å². The average molecular weight is 804 g/mol. The number of rotatable bonds is 10. The van der Waals surface area contributed by atoms with Gasteiger partial charge in [0.15, 0.2) is 0 Å². The molecule has 4 aromatic carbocycles. The van der Waals surface area contributed by atoms with Gasteiger partial charge in [0.1, 0.15) is 22.8 Å². The highest BCUT2D eigenvalue weighted by Gasteiger charge is 2.25. The van der Waals surface area contributed by atoms with E-state index in [0.717, 1.165) is 22.5 Å². The average Bonchev–Trinajstić information content (AvgIpc) is 3.90. The number of nitrogens with zero attached hydrogens (tertiary/aromatic N) is 9. The fraction of sp³-hybridized carbons (Fsp3) is 0.136. The topological polar surface area (TPSA) is 174 Å². The van der Waals surface area contributed by atoms with E-state index in [1.165, 1.54) is 9.36 Å². The third-order valence-electron chi connectivity index (χ3n) is 9.20. The summed E-state index contributed by atoms with van der Waals surface area (Å²) in [7, 11) is 1.85. The molecule has 0 aliphatic heterocycles. The van der Waals surface area contributed by atoms with Crippen molar-refractivity contribution in [2.45, 2.75) is 33.9 Å². The van der Waals surface area contributed by atoms with Crippen LogP contribution in [0.4, 0.5) is 22.7 Å². The van der Waals surface area contributed by atoms with Crippen molar-refractivity contribution in [3.05, 3.63) is 159 Å². The molecular weight excluding hydrogens is 766 g/mol. The number of aryl methyl sites for hydroxylation is 4. The number of benzene rings is 4. The summed E-state index contributed by atoms with van der Waals surface area (Å²) in [5, 5.41) is 37.7. The van der Waals surface area contributed by atoms with Crippen molar-refractivity contribution >= 4 is 34.4 Å². The Kier molecular flexibility index (Phi) is 11.9. The first kappa shape index (κ1) is 39.6. The number of hydrogen-bond donors (Lipinski definition) is 2. The molecule has 0 saturated heterocycles. The molecule has 0 spiro atoms. The molecule has 0 aliphatic rings. The third-order valence-corrected chi connectivity index (χ3v) is 9.43. The quantitative estimate of drug-likeness (QED) is 0.135. The standard InChI is InChI=1S/C22H20ClN5O.C22H18N6O2/c1-3-28-22(29)21(25-17-11-7-10-16(23)14-17)19(18-12-13-24-27(18)2)20(26-28)15-8-5-4-6-9-15;1-3-28-22(29)20(24-17-11-9-15(13-23)10-12-17)18(21-26-25-14(2)30-21)19(27-28)16-7-5-4-6-8-16/h4-14,25H,3H2,1-2H3;4-12,24H,3H2,1-2H3. The van der Waals surface area contributed by atoms with E-state index in [4.69, 9.17) is 21.3 Å². The van der Waals surface area contributed by atoms with Gasteiger partial charge in [-0.2, -0.15) is 20.6 Å². The van der Waals surface area contributed by atoms with Gasteiger partial charge in [0.25, 0.3) is 17.0 Å². The molecule has 0 saturated carbocycles. The van der Waals surface area contributed by atoms with Gasteiger partial charge in [0, 0.05) is 60.8 Å². The molecule has 0 atom stereocenters. The fourth-order valence-electron chi connectivity index (χ4n) is 6.36. The second-order valence-corrected chi connectivity index (χ2v) is 13.5. The maximum atomic E-state index is 13.3. The number of halogens is 1. The van der Waals surface area contributed by atoms with Crippen molar-refractivity contribution in [2.24, 2.45) is 7.05 Å². The minimum atomic E-state index is -0.313. The molecule has 0 unspecified atom stereocenters. The van der Waals surface area contributed by atoms with Gasteiger partial charge in [0.2, 0.25) is 5.89 Å². The predicted octanol–water partition coefficient (Wildman–Crippen LogP) is 8.63. The molecule has 4 heterocycles. The van der Waals surface area contributed by atoms with Crippen molar-refractivity contribution in [2.75, 3.05) is 10.6 Å². The van der Waals surface area contributed by atoms with Crippen molar-refractivity contribution in [1.29, 1.82) is 5.26 Å². The summed E-state index contributed by atoms with van der Waals surface area (Å²) >= 11 is 6.15. The highest BCUT2D eigenvalue weighted by molar-refractivity contribution is 6.30. The van der Waals surface area contributed by atoms with Crippen LogP contribution in [0.5, 0.6) is 0 Å². The number of nitrogens with one attached hydrogen (secondary N) is 2. The highest BCUT2D eigenvalue weighted by atomic mass is 35.5. The summed E-state index contributed by atoms with van der Waals surface area (Å²) in [4.78, 5) is 26.5. The van der Waals surface area contributed by atoms with Gasteiger partial charge < -0.3 is 15.1 Å². The Bertz CT molecular complexity index is 2900. The monoisotopic (exact) mass is 803 g/mol. The van der Waals surface area contributed by atoms with Crippen molar-refractivity contribution in [3.8, 4) is 51.3 Å². The minimum Gasteiger partial charge on any atom is -0.421 e. The fourth-order valence-corrected chi connectivity index (χ4v) is 6.55. The molecule has 2 N–H and O–H groups in total. The van der Waals surface area contributed by atoms with Crippen molar-refractivity contribution in [3.63, 3.8) is 0 Å². The van der Waals surface area contributed by atoms with Gasteiger partial charge in [-0.25, -0.2) is 9.36 Å². The van der Waals surface area contributed by atoms with Crippen LogP contribution in [-0.4, -0.2) is 39.5 Å². The minimum absolute atomic E-state index is 0.204. The third kappa shape index (κ3) is 8.55. The van der Waals surface area contributed by atoms with Crippen LogP contribution in [0.15, 0.2) is 135 Å². The maximum absolute atomic E-state index is 13.3. The summed E-state index contributed by atoms with van der Waals surface area (Å²) in [6, 6.07) is 37.4. The molecule has 8 rings (SSSR count). The number of aromatic nitrogens is 8. The van der Waals surface area contributed by atoms with E-state index in [2.05, 4.69) is 42.2 Å². The largest absolute Gasteiger partial charge is 0.421 e. The van der Waals surface area contributed by atoms with Gasteiger partial charge in [-0.15, -0.1) is 10.2 Å². The first-order valence-electron chi connectivity index (χ1n) is 18.7. The van der Waals surface area contributed by atoms with E-state index in [1.54, 1.807) is 54.2 Å². The van der Waals surface area contributed by atoms with Crippen LogP contribution in [0.1, 0.15) is 25.3 Å². The zero-order valence-corrected chi connectivity index (χ0v) is 33.3. The molecule has 0 amide bonds. The summed E-state index contributed by atoms with van der Waals surface area (Å²) in [5.41, 5.74) is 7.01. The normalized spacial score (nSPS) is 10.7. The SMILES string of the molecule is CCn1nc(-c2ccccc2)c(-c2ccnn2C)c(Nc2cccc(Cl)c2)c1=O.CCn1nc(-c2ccccc2)c(-c2nnc(C)o2)c(Nc2ccc(C#N)cc2)c1=O. The van der Waals surface area contributed by atoms with Crippen LogP contribution in [-0.2, 0) is 20.1 Å². The number of nitriles is 1. The molecule has 15 heteroatoms. The van der Waals surface area contributed by atoms with E-state index < -0.39 is 0 Å². The first-order valence-corrected chi connectivity index (χ1v) is 19.1. The van der Waals surface area contributed by atoms with Crippen LogP contribution < -0.4 is 21.8 Å². The van der Waals surface area contributed by atoms with E-state index in [1.807, 2.05) is 99.8 Å². The van der Waals surface area contributed by atoms with E-state index in [-0.39, 0.29) is 22.7 Å². The lowest BCUT2D eigenvalue weighted by atomic mass is 10.0. The molecular formula is C44H38ClN11O3. The number of hydrogen-bond acceptors (Lipinski definition) is 11. The molecule has 14 nitrogen and oxygen atoms in total. The van der Waals surface area contributed by atoms with E-state index >= 15 is 0 Å². The Morgan fingerprint density at radius 2 is 1.29 bits per heavy atom. The molecule has 294 valence electrons. The Morgan fingerprint density at radius 1 is 0.712 bits per heavy atom. The molecule has 0 bridgehead atoms.